The Balaban J connectivity index is 2.35. The Morgan fingerprint density at radius 2 is 1.58 bits per heavy atom. The van der Waals surface area contributed by atoms with Crippen LogP contribution in [-0.4, -0.2) is 50.0 Å². The molecule has 9 heteroatoms. The van der Waals surface area contributed by atoms with Crippen molar-refractivity contribution in [3.63, 3.8) is 0 Å². The van der Waals surface area contributed by atoms with E-state index in [1.165, 1.54) is 17.0 Å². The van der Waals surface area contributed by atoms with Crippen molar-refractivity contribution in [2.24, 2.45) is 0 Å². The van der Waals surface area contributed by atoms with E-state index in [1.54, 1.807) is 6.92 Å². The average molecular weight is 450 g/mol. The maximum atomic E-state index is 13.3. The predicted octanol–water partition coefficient (Wildman–Crippen LogP) is 2.53. The van der Waals surface area contributed by atoms with E-state index < -0.39 is 34.3 Å². The first kappa shape index (κ1) is 24.3. The summed E-state index contributed by atoms with van der Waals surface area (Å²) in [6.45, 7) is 4.84. The maximum absolute atomic E-state index is 13.3. The molecule has 0 aliphatic rings. The van der Waals surface area contributed by atoms with Crippen LogP contribution in [0.15, 0.2) is 54.6 Å². The number of anilines is 1. The summed E-state index contributed by atoms with van der Waals surface area (Å²) in [5, 5.41) is 2.78. The van der Waals surface area contributed by atoms with Crippen LogP contribution in [0, 0.1) is 5.82 Å². The first-order chi connectivity index (χ1) is 14.5. The third-order valence-corrected chi connectivity index (χ3v) is 5.73. The molecule has 0 spiro atoms. The molecule has 1 N–H and O–H groups in total. The van der Waals surface area contributed by atoms with Crippen molar-refractivity contribution >= 4 is 27.5 Å². The smallest absolute Gasteiger partial charge is 0.244 e. The SMILES string of the molecule is CC(C)NC(=O)C(C)N(Cc1ccccc1)C(=O)CN(c1ccc(F)cc1)S(C)(=O)=O. The number of nitrogens with one attached hydrogen (secondary N) is 1. The van der Waals surface area contributed by atoms with Crippen molar-refractivity contribution in [3.8, 4) is 0 Å². The number of amides is 2. The number of hydrogen-bond acceptors (Lipinski definition) is 4. The predicted molar refractivity (Wildman–Crippen MR) is 118 cm³/mol. The van der Waals surface area contributed by atoms with Crippen molar-refractivity contribution in [1.29, 1.82) is 0 Å². The number of carbonyl (C=O) groups is 2. The summed E-state index contributed by atoms with van der Waals surface area (Å²) in [4.78, 5) is 27.2. The summed E-state index contributed by atoms with van der Waals surface area (Å²) in [5.41, 5.74) is 0.962. The largest absolute Gasteiger partial charge is 0.352 e. The van der Waals surface area contributed by atoms with Gasteiger partial charge in [-0.3, -0.25) is 13.9 Å². The van der Waals surface area contributed by atoms with Crippen LogP contribution in [-0.2, 0) is 26.2 Å². The second-order valence-corrected chi connectivity index (χ2v) is 9.50. The van der Waals surface area contributed by atoms with Crippen LogP contribution in [0.4, 0.5) is 10.1 Å². The first-order valence-corrected chi connectivity index (χ1v) is 11.7. The molecule has 0 saturated carbocycles. The van der Waals surface area contributed by atoms with Crippen molar-refractivity contribution < 1.29 is 22.4 Å². The molecular formula is C22H28FN3O4S. The van der Waals surface area contributed by atoms with Gasteiger partial charge in [-0.25, -0.2) is 12.8 Å². The first-order valence-electron chi connectivity index (χ1n) is 9.86. The minimum atomic E-state index is -3.83. The van der Waals surface area contributed by atoms with Crippen LogP contribution < -0.4 is 9.62 Å². The summed E-state index contributed by atoms with van der Waals surface area (Å²) in [7, 11) is -3.83. The van der Waals surface area contributed by atoms with Gasteiger partial charge in [-0.15, -0.1) is 0 Å². The molecule has 0 aliphatic carbocycles. The Bertz CT molecular complexity index is 995. The second kappa shape index (κ2) is 10.4. The van der Waals surface area contributed by atoms with Crippen LogP contribution in [0.3, 0.4) is 0 Å². The lowest BCUT2D eigenvalue weighted by atomic mass is 10.1. The third-order valence-electron chi connectivity index (χ3n) is 4.59. The van der Waals surface area contributed by atoms with Crippen LogP contribution in [0.5, 0.6) is 0 Å². The number of rotatable bonds is 9. The van der Waals surface area contributed by atoms with Gasteiger partial charge < -0.3 is 10.2 Å². The standard InChI is InChI=1S/C22H28FN3O4S/c1-16(2)24-22(28)17(3)25(14-18-8-6-5-7-9-18)21(27)15-26(31(4,29)30)20-12-10-19(23)11-13-20/h5-13,16-17H,14-15H2,1-4H3,(H,24,28). The number of halogens is 1. The van der Waals surface area contributed by atoms with Gasteiger partial charge in [0.2, 0.25) is 21.8 Å². The number of sulfonamides is 1. The summed E-state index contributed by atoms with van der Waals surface area (Å²) < 4.78 is 38.9. The monoisotopic (exact) mass is 449 g/mol. The third kappa shape index (κ3) is 7.06. The van der Waals surface area contributed by atoms with E-state index in [1.807, 2.05) is 44.2 Å². The molecule has 0 radical (unpaired) electrons. The molecule has 0 aliphatic heterocycles. The van der Waals surface area contributed by atoms with Gasteiger partial charge in [-0.1, -0.05) is 30.3 Å². The lowest BCUT2D eigenvalue weighted by molar-refractivity contribution is -0.139. The molecule has 2 amide bonds. The van der Waals surface area contributed by atoms with Crippen molar-refractivity contribution in [2.75, 3.05) is 17.1 Å². The second-order valence-electron chi connectivity index (χ2n) is 7.59. The summed E-state index contributed by atoms with van der Waals surface area (Å²) in [6, 6.07) is 13.0. The van der Waals surface area contributed by atoms with E-state index in [-0.39, 0.29) is 24.2 Å². The van der Waals surface area contributed by atoms with Crippen LogP contribution in [0.1, 0.15) is 26.3 Å². The zero-order valence-corrected chi connectivity index (χ0v) is 18.9. The summed E-state index contributed by atoms with van der Waals surface area (Å²) >= 11 is 0. The number of carbonyl (C=O) groups excluding carboxylic acids is 2. The van der Waals surface area contributed by atoms with E-state index in [0.29, 0.717) is 0 Å². The fraction of sp³-hybridized carbons (Fsp3) is 0.364. The van der Waals surface area contributed by atoms with Crippen LogP contribution >= 0.6 is 0 Å². The Labute approximate surface area is 182 Å². The topological polar surface area (TPSA) is 86.8 Å². The van der Waals surface area contributed by atoms with Gasteiger partial charge in [0.25, 0.3) is 0 Å². The highest BCUT2D eigenvalue weighted by molar-refractivity contribution is 7.92. The van der Waals surface area contributed by atoms with Gasteiger partial charge in [-0.2, -0.15) is 0 Å². The quantitative estimate of drug-likeness (QED) is 0.637. The van der Waals surface area contributed by atoms with Gasteiger partial charge in [0.1, 0.15) is 18.4 Å². The molecule has 7 nitrogen and oxygen atoms in total. The van der Waals surface area contributed by atoms with Crippen molar-refractivity contribution in [3.05, 3.63) is 66.0 Å². The van der Waals surface area contributed by atoms with Crippen LogP contribution in [0.25, 0.3) is 0 Å². The minimum absolute atomic E-state index is 0.115. The van der Waals surface area contributed by atoms with Gasteiger partial charge in [0, 0.05) is 12.6 Å². The molecule has 1 atom stereocenters. The molecule has 0 bridgehead atoms. The maximum Gasteiger partial charge on any atom is 0.244 e. The molecule has 2 aromatic carbocycles. The molecule has 0 aromatic heterocycles. The molecule has 168 valence electrons. The van der Waals surface area contributed by atoms with E-state index in [9.17, 15) is 22.4 Å². The van der Waals surface area contributed by atoms with Gasteiger partial charge in [-0.05, 0) is 50.6 Å². The summed E-state index contributed by atoms with van der Waals surface area (Å²) in [6.07, 6.45) is 0.972. The average Bonchev–Trinajstić information content (AvgIpc) is 2.70. The number of benzene rings is 2. The number of hydrogen-bond donors (Lipinski definition) is 1. The van der Waals surface area contributed by atoms with E-state index in [0.717, 1.165) is 28.3 Å². The Morgan fingerprint density at radius 1 is 1.00 bits per heavy atom. The lowest BCUT2D eigenvalue weighted by Crippen LogP contribution is -2.52. The normalized spacial score (nSPS) is 12.3. The molecule has 2 rings (SSSR count). The fourth-order valence-electron chi connectivity index (χ4n) is 2.99. The van der Waals surface area contributed by atoms with Crippen molar-refractivity contribution in [2.45, 2.75) is 39.4 Å². The molecule has 31 heavy (non-hydrogen) atoms. The van der Waals surface area contributed by atoms with Crippen molar-refractivity contribution in [1.82, 2.24) is 10.2 Å². The summed E-state index contributed by atoms with van der Waals surface area (Å²) in [5.74, 6) is -1.41. The molecule has 0 heterocycles. The zero-order valence-electron chi connectivity index (χ0n) is 18.1. The van der Waals surface area contributed by atoms with E-state index in [2.05, 4.69) is 5.32 Å². The highest BCUT2D eigenvalue weighted by Crippen LogP contribution is 2.19. The molecular weight excluding hydrogens is 421 g/mol. The highest BCUT2D eigenvalue weighted by atomic mass is 32.2. The van der Waals surface area contributed by atoms with E-state index in [4.69, 9.17) is 0 Å². The Kier molecular flexibility index (Phi) is 8.15. The molecule has 2 aromatic rings. The Hall–Kier alpha value is -2.94. The number of nitrogens with zero attached hydrogens (tertiary/aromatic N) is 2. The van der Waals surface area contributed by atoms with Gasteiger partial charge in [0.05, 0.1) is 11.9 Å². The minimum Gasteiger partial charge on any atom is -0.352 e. The fourth-order valence-corrected chi connectivity index (χ4v) is 3.84. The van der Waals surface area contributed by atoms with E-state index >= 15 is 0 Å². The van der Waals surface area contributed by atoms with Gasteiger partial charge >= 0.3 is 0 Å². The Morgan fingerprint density at radius 3 is 2.10 bits per heavy atom. The lowest BCUT2D eigenvalue weighted by Gasteiger charge is -2.31. The molecule has 1 unspecified atom stereocenters. The highest BCUT2D eigenvalue weighted by Gasteiger charge is 2.30. The zero-order chi connectivity index (χ0) is 23.2. The van der Waals surface area contributed by atoms with Gasteiger partial charge in [0.15, 0.2) is 0 Å². The molecule has 0 fully saturated rings. The molecule has 0 saturated heterocycles. The van der Waals surface area contributed by atoms with Crippen LogP contribution in [0.2, 0.25) is 0 Å².